The molecule has 1 heterocycles. The Morgan fingerprint density at radius 1 is 1.12 bits per heavy atom. The fourth-order valence-corrected chi connectivity index (χ4v) is 2.23. The van der Waals surface area contributed by atoms with Crippen molar-refractivity contribution < 1.29 is 23.8 Å². The van der Waals surface area contributed by atoms with Crippen molar-refractivity contribution in [1.29, 1.82) is 0 Å². The van der Waals surface area contributed by atoms with E-state index in [1.165, 1.54) is 5.56 Å². The smallest absolute Gasteiger partial charge is 0.329 e. The lowest BCUT2D eigenvalue weighted by atomic mass is 9.86. The molecule has 25 heavy (non-hydrogen) atoms. The van der Waals surface area contributed by atoms with Crippen LogP contribution in [0.15, 0.2) is 40.8 Å². The van der Waals surface area contributed by atoms with Gasteiger partial charge in [0.05, 0.1) is 6.61 Å². The average Bonchev–Trinajstić information content (AvgIpc) is 3.03. The summed E-state index contributed by atoms with van der Waals surface area (Å²) < 4.78 is 10.5. The summed E-state index contributed by atoms with van der Waals surface area (Å²) in [5, 5.41) is 11.1. The van der Waals surface area contributed by atoms with E-state index in [9.17, 15) is 9.59 Å². The van der Waals surface area contributed by atoms with E-state index in [1.807, 2.05) is 12.1 Å². The molecule has 6 nitrogen and oxygen atoms in total. The number of aliphatic carboxylic acids is 1. The Morgan fingerprint density at radius 3 is 2.40 bits per heavy atom. The first kappa shape index (κ1) is 18.7. The molecular formula is C19H23NO5. The van der Waals surface area contributed by atoms with Crippen LogP contribution in [0.1, 0.15) is 36.9 Å². The monoisotopic (exact) mass is 345 g/mol. The Balaban J connectivity index is 1.93. The van der Waals surface area contributed by atoms with Crippen molar-refractivity contribution in [3.05, 3.63) is 47.7 Å². The number of hydrogen-bond acceptors (Lipinski definition) is 4. The van der Waals surface area contributed by atoms with Gasteiger partial charge >= 0.3 is 5.97 Å². The van der Waals surface area contributed by atoms with E-state index in [0.717, 1.165) is 5.56 Å². The molecule has 1 amide bonds. The van der Waals surface area contributed by atoms with E-state index in [0.29, 0.717) is 5.76 Å². The molecule has 0 saturated heterocycles. The lowest BCUT2D eigenvalue weighted by Crippen LogP contribution is -2.27. The third kappa shape index (κ3) is 5.46. The predicted molar refractivity (Wildman–Crippen MR) is 93.6 cm³/mol. The van der Waals surface area contributed by atoms with E-state index in [2.05, 4.69) is 38.2 Å². The Hall–Kier alpha value is -2.60. The molecule has 2 rings (SSSR count). The third-order valence-corrected chi connectivity index (χ3v) is 3.62. The van der Waals surface area contributed by atoms with Crippen LogP contribution in [0.4, 0.5) is 0 Å². The molecule has 0 saturated carbocycles. The number of carbonyl (C=O) groups is 2. The van der Waals surface area contributed by atoms with E-state index in [1.54, 1.807) is 12.1 Å². The third-order valence-electron chi connectivity index (χ3n) is 3.62. The minimum absolute atomic E-state index is 0.0788. The van der Waals surface area contributed by atoms with Gasteiger partial charge in [-0.15, -0.1) is 0 Å². The molecule has 2 N–H and O–H groups in total. The Labute approximate surface area is 146 Å². The molecule has 2 aromatic rings. The normalized spacial score (nSPS) is 11.3. The fraction of sp³-hybridized carbons (Fsp3) is 0.368. The van der Waals surface area contributed by atoms with Gasteiger partial charge in [-0.05, 0) is 23.1 Å². The van der Waals surface area contributed by atoms with Crippen LogP contribution in [-0.2, 0) is 14.9 Å². The first-order valence-corrected chi connectivity index (χ1v) is 8.06. The second-order valence-electron chi connectivity index (χ2n) is 6.69. The lowest BCUT2D eigenvalue weighted by molar-refractivity contribution is -0.142. The van der Waals surface area contributed by atoms with Crippen LogP contribution < -0.4 is 5.32 Å². The molecule has 1 aromatic carbocycles. The summed E-state index contributed by atoms with van der Waals surface area (Å²) in [6.07, 6.45) is 0. The zero-order chi connectivity index (χ0) is 18.4. The number of nitrogens with one attached hydrogen (secondary N) is 1. The summed E-state index contributed by atoms with van der Waals surface area (Å²) in [4.78, 5) is 22.3. The van der Waals surface area contributed by atoms with Crippen LogP contribution in [0.3, 0.4) is 0 Å². The molecule has 0 fully saturated rings. The predicted octanol–water partition coefficient (Wildman–Crippen LogP) is 3.08. The van der Waals surface area contributed by atoms with Gasteiger partial charge in [0, 0.05) is 12.1 Å². The van der Waals surface area contributed by atoms with Gasteiger partial charge in [-0.25, -0.2) is 4.79 Å². The van der Waals surface area contributed by atoms with Crippen molar-refractivity contribution in [3.8, 4) is 11.3 Å². The van der Waals surface area contributed by atoms with Crippen molar-refractivity contribution in [1.82, 2.24) is 5.32 Å². The molecule has 0 radical (unpaired) electrons. The summed E-state index contributed by atoms with van der Waals surface area (Å²) in [5.41, 5.74) is 2.20. The summed E-state index contributed by atoms with van der Waals surface area (Å²) in [6, 6.07) is 11.4. The second-order valence-corrected chi connectivity index (χ2v) is 6.69. The van der Waals surface area contributed by atoms with Crippen LogP contribution in [0.25, 0.3) is 11.3 Å². The summed E-state index contributed by atoms with van der Waals surface area (Å²) in [7, 11) is 0. The molecule has 6 heteroatoms. The number of ether oxygens (including phenoxy) is 1. The molecule has 0 aliphatic carbocycles. The quantitative estimate of drug-likeness (QED) is 0.753. The van der Waals surface area contributed by atoms with Gasteiger partial charge in [-0.3, -0.25) is 4.79 Å². The van der Waals surface area contributed by atoms with Crippen LogP contribution in [-0.4, -0.2) is 36.7 Å². The Morgan fingerprint density at radius 2 is 1.80 bits per heavy atom. The van der Waals surface area contributed by atoms with Crippen molar-refractivity contribution in [2.75, 3.05) is 19.8 Å². The molecule has 0 unspecified atom stereocenters. The van der Waals surface area contributed by atoms with Gasteiger partial charge in [0.2, 0.25) is 0 Å². The van der Waals surface area contributed by atoms with Crippen LogP contribution in [0.2, 0.25) is 0 Å². The minimum atomic E-state index is -1.04. The van der Waals surface area contributed by atoms with Crippen LogP contribution >= 0.6 is 0 Å². The fourth-order valence-electron chi connectivity index (χ4n) is 2.23. The molecule has 0 aliphatic rings. The summed E-state index contributed by atoms with van der Waals surface area (Å²) in [6.45, 7) is 6.40. The average molecular weight is 345 g/mol. The topological polar surface area (TPSA) is 88.8 Å². The maximum absolute atomic E-state index is 12.0. The van der Waals surface area contributed by atoms with Crippen molar-refractivity contribution in [3.63, 3.8) is 0 Å². The van der Waals surface area contributed by atoms with Gasteiger partial charge in [0.1, 0.15) is 12.4 Å². The molecule has 1 aromatic heterocycles. The largest absolute Gasteiger partial charge is 0.480 e. The minimum Gasteiger partial charge on any atom is -0.480 e. The summed E-state index contributed by atoms with van der Waals surface area (Å²) >= 11 is 0. The summed E-state index contributed by atoms with van der Waals surface area (Å²) in [5.74, 6) is -0.586. The van der Waals surface area contributed by atoms with Gasteiger partial charge in [0.25, 0.3) is 5.91 Å². The highest BCUT2D eigenvalue weighted by Gasteiger charge is 2.15. The number of carboxylic acid groups (broad SMARTS) is 1. The van der Waals surface area contributed by atoms with Crippen molar-refractivity contribution >= 4 is 11.9 Å². The first-order valence-electron chi connectivity index (χ1n) is 8.06. The molecule has 0 spiro atoms. The van der Waals surface area contributed by atoms with Gasteiger partial charge in [0.15, 0.2) is 5.76 Å². The van der Waals surface area contributed by atoms with Gasteiger partial charge in [-0.1, -0.05) is 45.0 Å². The molecular weight excluding hydrogens is 322 g/mol. The number of hydrogen-bond donors (Lipinski definition) is 2. The number of rotatable bonds is 7. The zero-order valence-electron chi connectivity index (χ0n) is 14.7. The number of amides is 1. The number of carboxylic acids is 1. The highest BCUT2D eigenvalue weighted by Crippen LogP contribution is 2.27. The molecule has 134 valence electrons. The Bertz CT molecular complexity index is 725. The SMILES string of the molecule is CC(C)(C)c1ccc(-c2ccc(C(=O)NCCOCC(=O)O)o2)cc1. The standard InChI is InChI=1S/C19H23NO5/c1-19(2,3)14-6-4-13(5-7-14)15-8-9-16(25-15)18(23)20-10-11-24-12-17(21)22/h4-9H,10-12H2,1-3H3,(H,20,23)(H,21,22). The van der Waals surface area contributed by atoms with Crippen LogP contribution in [0.5, 0.6) is 0 Å². The van der Waals surface area contributed by atoms with Crippen molar-refractivity contribution in [2.45, 2.75) is 26.2 Å². The van der Waals surface area contributed by atoms with E-state index >= 15 is 0 Å². The zero-order valence-corrected chi connectivity index (χ0v) is 14.7. The van der Waals surface area contributed by atoms with Crippen molar-refractivity contribution in [2.24, 2.45) is 0 Å². The van der Waals surface area contributed by atoms with E-state index < -0.39 is 5.97 Å². The lowest BCUT2D eigenvalue weighted by Gasteiger charge is -2.18. The second kappa shape index (κ2) is 7.98. The van der Waals surface area contributed by atoms with Gasteiger partial charge < -0.3 is 19.6 Å². The number of furan rings is 1. The highest BCUT2D eigenvalue weighted by atomic mass is 16.5. The van der Waals surface area contributed by atoms with E-state index in [-0.39, 0.29) is 36.8 Å². The maximum Gasteiger partial charge on any atom is 0.329 e. The number of carbonyl (C=O) groups excluding carboxylic acids is 1. The number of benzene rings is 1. The molecule has 0 bridgehead atoms. The van der Waals surface area contributed by atoms with Crippen LogP contribution in [0, 0.1) is 0 Å². The molecule has 0 aliphatic heterocycles. The highest BCUT2D eigenvalue weighted by molar-refractivity contribution is 5.92. The maximum atomic E-state index is 12.0. The van der Waals surface area contributed by atoms with E-state index in [4.69, 9.17) is 14.3 Å². The first-order chi connectivity index (χ1) is 11.8. The van der Waals surface area contributed by atoms with Gasteiger partial charge in [-0.2, -0.15) is 0 Å². The molecule has 0 atom stereocenters. The Kier molecular flexibility index (Phi) is 5.98.